The molecule has 0 spiro atoms. The van der Waals surface area contributed by atoms with Gasteiger partial charge in [-0.2, -0.15) is 0 Å². The molecule has 2 rings (SSSR count). The van der Waals surface area contributed by atoms with E-state index in [0.29, 0.717) is 0 Å². The van der Waals surface area contributed by atoms with E-state index in [1.54, 1.807) is 5.20 Å². The highest BCUT2D eigenvalue weighted by Crippen LogP contribution is 2.51. The first-order valence-corrected chi connectivity index (χ1v) is 13.8. The second kappa shape index (κ2) is 7.87. The van der Waals surface area contributed by atoms with E-state index in [1.165, 1.54) is 17.6 Å². The van der Waals surface area contributed by atoms with Crippen LogP contribution in [0.2, 0.25) is 13.1 Å². The molecule has 0 fully saturated rings. The number of hydrogen-bond donors (Lipinski definition) is 0. The Hall–Kier alpha value is -0.863. The van der Waals surface area contributed by atoms with E-state index >= 15 is 0 Å². The minimum Gasteiger partial charge on any atom is -0.373 e. The van der Waals surface area contributed by atoms with Crippen molar-refractivity contribution < 1.29 is 4.74 Å². The number of unbranched alkanes of at least 4 members (excludes halogenated alkanes) is 1. The lowest BCUT2D eigenvalue weighted by Crippen LogP contribution is -2.61. The average molecular weight is 387 g/mol. The van der Waals surface area contributed by atoms with Gasteiger partial charge in [-0.1, -0.05) is 104 Å². The summed E-state index contributed by atoms with van der Waals surface area (Å²) in [7, 11) is -1.89. The molecule has 0 bridgehead atoms. The smallest absolute Gasteiger partial charge is 0.122 e. The normalized spacial score (nSPS) is 24.0. The molecule has 1 unspecified atom stereocenters. The summed E-state index contributed by atoms with van der Waals surface area (Å²) in [5.74, 6) is 0. The monoisotopic (exact) mass is 386 g/mol. The van der Waals surface area contributed by atoms with Gasteiger partial charge in [-0.05, 0) is 41.2 Å². The van der Waals surface area contributed by atoms with E-state index in [4.69, 9.17) is 4.74 Å². The standard InChI is InChI=1S/C25H42OSi/c1-10-11-18-26-25(27(8,9)21-14-12-13-15-21)17-16-20(23(2,3)4)19-22(25)24(5,6)7/h12,14-16,19H,10-11,13,17-18H2,1-9H3. The molecule has 2 aliphatic rings. The highest BCUT2D eigenvalue weighted by Gasteiger charge is 2.55. The molecule has 1 atom stereocenters. The molecule has 27 heavy (non-hydrogen) atoms. The SMILES string of the molecule is CCCCOC1([Si](C)(C)C2=CCC=C2)CC=C(C(C)(C)C)C=C1C(C)(C)C. The summed E-state index contributed by atoms with van der Waals surface area (Å²) in [6.45, 7) is 22.2. The maximum Gasteiger partial charge on any atom is 0.122 e. The zero-order chi connectivity index (χ0) is 20.5. The van der Waals surface area contributed by atoms with Crippen molar-refractivity contribution >= 4 is 8.07 Å². The molecule has 2 heteroatoms. The van der Waals surface area contributed by atoms with E-state index in [2.05, 4.69) is 91.9 Å². The first-order chi connectivity index (χ1) is 12.4. The third kappa shape index (κ3) is 4.43. The predicted molar refractivity (Wildman–Crippen MR) is 123 cm³/mol. The van der Waals surface area contributed by atoms with Gasteiger partial charge in [0.05, 0.1) is 5.22 Å². The molecule has 152 valence electrons. The van der Waals surface area contributed by atoms with Crippen LogP contribution in [0.25, 0.3) is 0 Å². The van der Waals surface area contributed by atoms with Gasteiger partial charge in [0.25, 0.3) is 0 Å². The molecule has 0 saturated carbocycles. The summed E-state index contributed by atoms with van der Waals surface area (Å²) in [6, 6.07) is 0. The van der Waals surface area contributed by atoms with Gasteiger partial charge in [-0.15, -0.1) is 0 Å². The van der Waals surface area contributed by atoms with Crippen LogP contribution in [-0.4, -0.2) is 19.9 Å². The Balaban J connectivity index is 2.62. The lowest BCUT2D eigenvalue weighted by molar-refractivity contribution is 0.0232. The molecular weight excluding hydrogens is 344 g/mol. The Bertz CT molecular complexity index is 661. The fourth-order valence-electron chi connectivity index (χ4n) is 4.49. The summed E-state index contributed by atoms with van der Waals surface area (Å²) in [5.41, 5.74) is 3.23. The molecule has 0 aromatic rings. The zero-order valence-electron chi connectivity index (χ0n) is 19.3. The maximum atomic E-state index is 6.96. The molecule has 1 nitrogen and oxygen atoms in total. The van der Waals surface area contributed by atoms with E-state index in [-0.39, 0.29) is 16.1 Å². The van der Waals surface area contributed by atoms with Crippen molar-refractivity contribution in [1.29, 1.82) is 0 Å². The highest BCUT2D eigenvalue weighted by molar-refractivity contribution is 6.88. The predicted octanol–water partition coefficient (Wildman–Crippen LogP) is 7.56. The molecular formula is C25H42OSi. The van der Waals surface area contributed by atoms with Gasteiger partial charge in [0.15, 0.2) is 0 Å². The fourth-order valence-corrected chi connectivity index (χ4v) is 8.32. The Morgan fingerprint density at radius 1 is 1.04 bits per heavy atom. The van der Waals surface area contributed by atoms with Crippen molar-refractivity contribution in [2.24, 2.45) is 10.8 Å². The van der Waals surface area contributed by atoms with E-state index in [1.807, 2.05) is 0 Å². The molecule has 2 aliphatic carbocycles. The highest BCUT2D eigenvalue weighted by atomic mass is 28.3. The number of allylic oxidation sites excluding steroid dienone is 6. The van der Waals surface area contributed by atoms with Crippen LogP contribution in [0.4, 0.5) is 0 Å². The first-order valence-electron chi connectivity index (χ1n) is 10.8. The van der Waals surface area contributed by atoms with Crippen LogP contribution in [-0.2, 0) is 4.74 Å². The molecule has 0 heterocycles. The van der Waals surface area contributed by atoms with Gasteiger partial charge in [-0.25, -0.2) is 0 Å². The van der Waals surface area contributed by atoms with Gasteiger partial charge in [0.2, 0.25) is 0 Å². The van der Waals surface area contributed by atoms with Crippen LogP contribution in [0, 0.1) is 10.8 Å². The quantitative estimate of drug-likeness (QED) is 0.338. The van der Waals surface area contributed by atoms with Crippen molar-refractivity contribution in [3.63, 3.8) is 0 Å². The van der Waals surface area contributed by atoms with E-state index in [0.717, 1.165) is 25.9 Å². The second-order valence-corrected chi connectivity index (χ2v) is 15.5. The molecule has 0 N–H and O–H groups in total. The Kier molecular flexibility index (Phi) is 6.54. The van der Waals surface area contributed by atoms with Crippen LogP contribution >= 0.6 is 0 Å². The summed E-state index contributed by atoms with van der Waals surface area (Å²) < 4.78 is 6.96. The summed E-state index contributed by atoms with van der Waals surface area (Å²) >= 11 is 0. The minimum atomic E-state index is -1.89. The molecule has 0 aliphatic heterocycles. The summed E-state index contributed by atoms with van der Waals surface area (Å²) in [5, 5.41) is 1.40. The molecule has 0 saturated heterocycles. The van der Waals surface area contributed by atoms with Crippen molar-refractivity contribution in [3.8, 4) is 0 Å². The molecule has 0 radical (unpaired) electrons. The van der Waals surface area contributed by atoms with Gasteiger partial charge in [-0.3, -0.25) is 0 Å². The Morgan fingerprint density at radius 2 is 1.70 bits per heavy atom. The lowest BCUT2D eigenvalue weighted by Gasteiger charge is -2.53. The van der Waals surface area contributed by atoms with Crippen LogP contribution in [0.15, 0.2) is 46.7 Å². The first kappa shape index (κ1) is 22.4. The largest absolute Gasteiger partial charge is 0.373 e. The molecule has 0 aromatic carbocycles. The van der Waals surface area contributed by atoms with Crippen molar-refractivity contribution in [3.05, 3.63) is 46.7 Å². The van der Waals surface area contributed by atoms with Crippen LogP contribution in [0.5, 0.6) is 0 Å². The average Bonchev–Trinajstić information content (AvgIpc) is 3.08. The van der Waals surface area contributed by atoms with Crippen LogP contribution in [0.1, 0.15) is 74.1 Å². The van der Waals surface area contributed by atoms with Crippen molar-refractivity contribution in [2.75, 3.05) is 6.61 Å². The topological polar surface area (TPSA) is 9.23 Å². The number of hydrogen-bond acceptors (Lipinski definition) is 1. The van der Waals surface area contributed by atoms with Crippen LogP contribution in [0.3, 0.4) is 0 Å². The Labute approximate surface area is 169 Å². The number of rotatable bonds is 6. The third-order valence-electron chi connectivity index (χ3n) is 6.37. The van der Waals surface area contributed by atoms with Gasteiger partial charge in [0.1, 0.15) is 8.07 Å². The fraction of sp³-hybridized carbons (Fsp3) is 0.680. The third-order valence-corrected chi connectivity index (χ3v) is 10.8. The maximum absolute atomic E-state index is 6.96. The summed E-state index contributed by atoms with van der Waals surface area (Å²) in [6.07, 6.45) is 16.5. The van der Waals surface area contributed by atoms with Gasteiger partial charge >= 0.3 is 0 Å². The van der Waals surface area contributed by atoms with E-state index < -0.39 is 8.07 Å². The van der Waals surface area contributed by atoms with Crippen molar-refractivity contribution in [1.82, 2.24) is 0 Å². The number of ether oxygens (including phenoxy) is 1. The molecule has 0 aromatic heterocycles. The van der Waals surface area contributed by atoms with E-state index in [9.17, 15) is 0 Å². The zero-order valence-corrected chi connectivity index (χ0v) is 20.3. The van der Waals surface area contributed by atoms with Gasteiger partial charge in [0, 0.05) is 6.61 Å². The van der Waals surface area contributed by atoms with Gasteiger partial charge < -0.3 is 4.74 Å². The second-order valence-electron chi connectivity index (χ2n) is 10.9. The summed E-state index contributed by atoms with van der Waals surface area (Å²) in [4.78, 5) is 0. The molecule has 0 amide bonds. The van der Waals surface area contributed by atoms with Crippen LogP contribution < -0.4 is 0 Å². The minimum absolute atomic E-state index is 0.0874. The van der Waals surface area contributed by atoms with Crippen molar-refractivity contribution in [2.45, 2.75) is 92.5 Å². The Morgan fingerprint density at radius 3 is 2.19 bits per heavy atom. The lowest BCUT2D eigenvalue weighted by atomic mass is 9.73.